The maximum Gasteiger partial charge on any atom is 0.164 e. The highest BCUT2D eigenvalue weighted by atomic mass is 79.9. The molecule has 0 amide bonds. The zero-order valence-corrected chi connectivity index (χ0v) is 15.3. The van der Waals surface area contributed by atoms with Crippen molar-refractivity contribution in [1.82, 2.24) is 19.7 Å². The summed E-state index contributed by atoms with van der Waals surface area (Å²) in [6.07, 6.45) is 6.60. The van der Waals surface area contributed by atoms with Gasteiger partial charge in [0.25, 0.3) is 0 Å². The van der Waals surface area contributed by atoms with Crippen LogP contribution in [0.3, 0.4) is 0 Å². The molecular formula is C18H20BrN5. The summed E-state index contributed by atoms with van der Waals surface area (Å²) in [5, 5.41) is 8.93. The lowest BCUT2D eigenvalue weighted by molar-refractivity contribution is 0.466. The van der Waals surface area contributed by atoms with Crippen molar-refractivity contribution in [2.45, 2.75) is 31.1 Å². The topological polar surface area (TPSA) is 55.6 Å². The normalized spacial score (nSPS) is 16.6. The highest BCUT2D eigenvalue weighted by Gasteiger charge is 2.35. The predicted molar refractivity (Wildman–Crippen MR) is 99.1 cm³/mol. The Morgan fingerprint density at radius 2 is 1.92 bits per heavy atom. The third kappa shape index (κ3) is 2.59. The van der Waals surface area contributed by atoms with Crippen molar-refractivity contribution in [1.29, 1.82) is 0 Å². The van der Waals surface area contributed by atoms with Gasteiger partial charge in [-0.05, 0) is 34.3 Å². The fraction of sp³-hybridized carbons (Fsp3) is 0.389. The van der Waals surface area contributed by atoms with Gasteiger partial charge in [-0.2, -0.15) is 5.10 Å². The number of aryl methyl sites for hydroxylation is 1. The summed E-state index contributed by atoms with van der Waals surface area (Å²) in [4.78, 5) is 8.80. The van der Waals surface area contributed by atoms with E-state index in [-0.39, 0.29) is 5.41 Å². The van der Waals surface area contributed by atoms with E-state index in [1.807, 2.05) is 7.05 Å². The largest absolute Gasteiger partial charge is 0.368 e. The Morgan fingerprint density at radius 1 is 1.17 bits per heavy atom. The van der Waals surface area contributed by atoms with Crippen LogP contribution in [0.4, 0.5) is 5.82 Å². The van der Waals surface area contributed by atoms with E-state index < -0.39 is 0 Å². The Kier molecular flexibility index (Phi) is 4.00. The second kappa shape index (κ2) is 6.16. The van der Waals surface area contributed by atoms with E-state index in [4.69, 9.17) is 0 Å². The smallest absolute Gasteiger partial charge is 0.164 e. The molecule has 1 aliphatic carbocycles. The molecule has 3 aromatic rings. The molecule has 4 rings (SSSR count). The van der Waals surface area contributed by atoms with Crippen molar-refractivity contribution >= 4 is 32.8 Å². The lowest BCUT2D eigenvalue weighted by Gasteiger charge is -2.30. The molecule has 0 unspecified atom stereocenters. The van der Waals surface area contributed by atoms with Gasteiger partial charge < -0.3 is 5.32 Å². The summed E-state index contributed by atoms with van der Waals surface area (Å²) in [5.74, 6) is 0.849. The Bertz CT molecular complexity index is 852. The van der Waals surface area contributed by atoms with Crippen molar-refractivity contribution in [3.63, 3.8) is 0 Å². The Hall–Kier alpha value is -1.95. The summed E-state index contributed by atoms with van der Waals surface area (Å²) >= 11 is 3.53. The van der Waals surface area contributed by atoms with E-state index in [2.05, 4.69) is 66.6 Å². The zero-order chi connectivity index (χ0) is 16.6. The molecule has 1 aromatic carbocycles. The van der Waals surface area contributed by atoms with Gasteiger partial charge in [0.15, 0.2) is 5.65 Å². The number of halogens is 1. The van der Waals surface area contributed by atoms with Crippen LogP contribution in [0, 0.1) is 0 Å². The molecule has 0 spiro atoms. The molecule has 0 bridgehead atoms. The third-order valence-electron chi connectivity index (χ3n) is 5.12. The zero-order valence-electron chi connectivity index (χ0n) is 13.7. The molecular weight excluding hydrogens is 366 g/mol. The summed E-state index contributed by atoms with van der Waals surface area (Å²) in [6, 6.07) is 10.9. The van der Waals surface area contributed by atoms with E-state index in [1.165, 1.54) is 31.2 Å². The first-order valence-corrected chi connectivity index (χ1v) is 9.11. The lowest BCUT2D eigenvalue weighted by atomic mass is 9.79. The molecule has 1 N–H and O–H groups in total. The average Bonchev–Trinajstić information content (AvgIpc) is 3.20. The summed E-state index contributed by atoms with van der Waals surface area (Å²) in [7, 11) is 1.90. The van der Waals surface area contributed by atoms with Gasteiger partial charge in [-0.3, -0.25) is 0 Å². The van der Waals surface area contributed by atoms with Gasteiger partial charge in [0, 0.05) is 19.0 Å². The fourth-order valence-corrected chi connectivity index (χ4v) is 4.44. The van der Waals surface area contributed by atoms with Gasteiger partial charge in [0.05, 0.1) is 5.39 Å². The molecule has 0 atom stereocenters. The van der Waals surface area contributed by atoms with Crippen LogP contribution < -0.4 is 5.32 Å². The van der Waals surface area contributed by atoms with Crippen LogP contribution in [0.15, 0.2) is 41.3 Å². The molecule has 0 saturated heterocycles. The number of fused-ring (bicyclic) bond motifs is 1. The first kappa shape index (κ1) is 15.6. The number of anilines is 1. The highest BCUT2D eigenvalue weighted by molar-refractivity contribution is 9.10. The number of hydrogen-bond donors (Lipinski definition) is 1. The molecule has 5 nitrogen and oxygen atoms in total. The van der Waals surface area contributed by atoms with Crippen LogP contribution in [-0.2, 0) is 12.5 Å². The minimum atomic E-state index is 0.188. The number of benzene rings is 1. The minimum Gasteiger partial charge on any atom is -0.368 e. The van der Waals surface area contributed by atoms with Gasteiger partial charge in [-0.25, -0.2) is 14.6 Å². The molecule has 2 aromatic heterocycles. The van der Waals surface area contributed by atoms with Gasteiger partial charge >= 0.3 is 0 Å². The molecule has 24 heavy (non-hydrogen) atoms. The number of rotatable bonds is 4. The van der Waals surface area contributed by atoms with Gasteiger partial charge in [0.1, 0.15) is 16.7 Å². The van der Waals surface area contributed by atoms with E-state index in [0.29, 0.717) is 0 Å². The second-order valence-electron chi connectivity index (χ2n) is 6.54. The highest BCUT2D eigenvalue weighted by Crippen LogP contribution is 2.41. The predicted octanol–water partition coefficient (Wildman–Crippen LogP) is 4.05. The molecule has 0 radical (unpaired) electrons. The Labute approximate surface area is 149 Å². The molecule has 2 heterocycles. The van der Waals surface area contributed by atoms with Crippen molar-refractivity contribution < 1.29 is 0 Å². The van der Waals surface area contributed by atoms with Gasteiger partial charge in [0.2, 0.25) is 0 Å². The van der Waals surface area contributed by atoms with Crippen LogP contribution in [0.25, 0.3) is 11.0 Å². The monoisotopic (exact) mass is 385 g/mol. The Balaban J connectivity index is 1.66. The second-order valence-corrected chi connectivity index (χ2v) is 7.29. The maximum absolute atomic E-state index is 4.46. The first-order valence-electron chi connectivity index (χ1n) is 8.32. The summed E-state index contributed by atoms with van der Waals surface area (Å²) < 4.78 is 2.55. The number of hydrogen-bond acceptors (Lipinski definition) is 4. The van der Waals surface area contributed by atoms with Crippen molar-refractivity contribution in [2.75, 3.05) is 11.9 Å². The summed E-state index contributed by atoms with van der Waals surface area (Å²) in [5.41, 5.74) is 2.44. The van der Waals surface area contributed by atoms with E-state index in [1.54, 1.807) is 11.0 Å². The molecule has 0 aliphatic heterocycles. The standard InChI is InChI=1S/C18H20BrN5/c1-24-17-14(15(19)23-24)16(21-12-22-17)20-11-18(9-5-6-10-18)13-7-3-2-4-8-13/h2-4,7-8,12H,5-6,9-11H2,1H3,(H,20,21,22). The van der Waals surface area contributed by atoms with Gasteiger partial charge in [-0.1, -0.05) is 43.2 Å². The van der Waals surface area contributed by atoms with Crippen molar-refractivity contribution in [3.05, 3.63) is 46.8 Å². The number of nitrogens with one attached hydrogen (secondary N) is 1. The van der Waals surface area contributed by atoms with E-state index in [0.717, 1.165) is 28.0 Å². The Morgan fingerprint density at radius 3 is 2.67 bits per heavy atom. The third-order valence-corrected chi connectivity index (χ3v) is 5.67. The SMILES string of the molecule is Cn1nc(Br)c2c(NCC3(c4ccccc4)CCCC3)ncnc21. The van der Waals surface area contributed by atoms with Crippen molar-refractivity contribution in [3.8, 4) is 0 Å². The molecule has 1 aliphatic rings. The average molecular weight is 386 g/mol. The minimum absolute atomic E-state index is 0.188. The first-order chi connectivity index (χ1) is 11.7. The van der Waals surface area contributed by atoms with E-state index in [9.17, 15) is 0 Å². The molecule has 6 heteroatoms. The lowest BCUT2D eigenvalue weighted by Crippen LogP contribution is -2.31. The van der Waals surface area contributed by atoms with Crippen LogP contribution in [-0.4, -0.2) is 26.3 Å². The van der Waals surface area contributed by atoms with Gasteiger partial charge in [-0.15, -0.1) is 0 Å². The van der Waals surface area contributed by atoms with Crippen LogP contribution >= 0.6 is 15.9 Å². The molecule has 124 valence electrons. The quantitative estimate of drug-likeness (QED) is 0.735. The number of aromatic nitrogens is 4. The van der Waals surface area contributed by atoms with Crippen molar-refractivity contribution in [2.24, 2.45) is 7.05 Å². The molecule has 1 saturated carbocycles. The van der Waals surface area contributed by atoms with E-state index >= 15 is 0 Å². The molecule has 1 fully saturated rings. The number of nitrogens with zero attached hydrogens (tertiary/aromatic N) is 4. The maximum atomic E-state index is 4.46. The van der Waals surface area contributed by atoms with Crippen LogP contribution in [0.2, 0.25) is 0 Å². The summed E-state index contributed by atoms with van der Waals surface area (Å²) in [6.45, 7) is 0.879. The van der Waals surface area contributed by atoms with Crippen LogP contribution in [0.5, 0.6) is 0 Å². The fourth-order valence-electron chi connectivity index (χ4n) is 3.84. The van der Waals surface area contributed by atoms with Crippen LogP contribution in [0.1, 0.15) is 31.2 Å².